The number of hydrogen-bond donors (Lipinski definition) is 1. The van der Waals surface area contributed by atoms with E-state index in [2.05, 4.69) is 5.32 Å². The molecule has 2 aromatic rings. The summed E-state index contributed by atoms with van der Waals surface area (Å²) in [5, 5.41) is 2.47. The van der Waals surface area contributed by atoms with Gasteiger partial charge in [0.1, 0.15) is 30.6 Å². The maximum Gasteiger partial charge on any atom is 0.305 e. The van der Waals surface area contributed by atoms with Crippen molar-refractivity contribution in [3.05, 3.63) is 65.7 Å². The zero-order chi connectivity index (χ0) is 18.8. The van der Waals surface area contributed by atoms with E-state index in [4.69, 9.17) is 9.47 Å². The van der Waals surface area contributed by atoms with E-state index >= 15 is 0 Å². The van der Waals surface area contributed by atoms with Gasteiger partial charge < -0.3 is 14.8 Å². The Morgan fingerprint density at radius 3 is 2.50 bits per heavy atom. The Balaban J connectivity index is 1.57. The van der Waals surface area contributed by atoms with E-state index < -0.39 is 23.5 Å². The number of ether oxygens (including phenoxy) is 2. The molecule has 138 valence electrons. The minimum absolute atomic E-state index is 0.109. The number of carbonyl (C=O) groups is 2. The Morgan fingerprint density at radius 1 is 1.00 bits per heavy atom. The van der Waals surface area contributed by atoms with Crippen molar-refractivity contribution in [1.82, 2.24) is 5.32 Å². The van der Waals surface area contributed by atoms with Gasteiger partial charge in [0, 0.05) is 19.0 Å². The number of esters is 1. The fourth-order valence-corrected chi connectivity index (χ4v) is 2.11. The summed E-state index contributed by atoms with van der Waals surface area (Å²) in [5.41, 5.74) is -0.243. The highest BCUT2D eigenvalue weighted by molar-refractivity contribution is 5.94. The first-order valence-corrected chi connectivity index (χ1v) is 8.13. The maximum absolute atomic E-state index is 13.4. The van der Waals surface area contributed by atoms with Crippen LogP contribution in [0.2, 0.25) is 0 Å². The van der Waals surface area contributed by atoms with E-state index in [-0.39, 0.29) is 31.7 Å². The molecule has 0 aromatic heterocycles. The summed E-state index contributed by atoms with van der Waals surface area (Å²) in [4.78, 5) is 23.3. The highest BCUT2D eigenvalue weighted by atomic mass is 19.1. The molecule has 7 heteroatoms. The van der Waals surface area contributed by atoms with Gasteiger partial charge in [0.05, 0.1) is 5.56 Å². The first kappa shape index (κ1) is 19.4. The van der Waals surface area contributed by atoms with Crippen molar-refractivity contribution in [2.24, 2.45) is 0 Å². The molecule has 0 aliphatic heterocycles. The number of benzene rings is 2. The average Bonchev–Trinajstić information content (AvgIpc) is 2.63. The molecule has 0 radical (unpaired) electrons. The molecule has 0 atom stereocenters. The van der Waals surface area contributed by atoms with Gasteiger partial charge >= 0.3 is 5.97 Å². The molecule has 1 N–H and O–H groups in total. The Morgan fingerprint density at radius 2 is 1.77 bits per heavy atom. The normalized spacial score (nSPS) is 10.2. The summed E-state index contributed by atoms with van der Waals surface area (Å²) in [7, 11) is 0. The second kappa shape index (κ2) is 10.1. The lowest BCUT2D eigenvalue weighted by Gasteiger charge is -2.08. The van der Waals surface area contributed by atoms with Crippen LogP contribution in [0.25, 0.3) is 0 Å². The molecule has 0 fully saturated rings. The second-order valence-corrected chi connectivity index (χ2v) is 5.37. The minimum Gasteiger partial charge on any atom is -0.490 e. The van der Waals surface area contributed by atoms with E-state index in [1.54, 1.807) is 12.1 Å². The van der Waals surface area contributed by atoms with Crippen LogP contribution < -0.4 is 10.1 Å². The fraction of sp³-hybridized carbons (Fsp3) is 0.263. The predicted octanol–water partition coefficient (Wildman–Crippen LogP) is 3.10. The number of para-hydroxylation sites is 1. The number of carbonyl (C=O) groups excluding carboxylic acids is 2. The summed E-state index contributed by atoms with van der Waals surface area (Å²) >= 11 is 0. The number of nitrogens with one attached hydrogen (secondary N) is 1. The molecule has 0 heterocycles. The summed E-state index contributed by atoms with van der Waals surface area (Å²) in [6.45, 7) is 0.544. The van der Waals surface area contributed by atoms with Gasteiger partial charge in [-0.3, -0.25) is 9.59 Å². The Hall–Kier alpha value is -2.96. The molecule has 5 nitrogen and oxygen atoms in total. The highest BCUT2D eigenvalue weighted by Crippen LogP contribution is 2.09. The zero-order valence-corrected chi connectivity index (χ0v) is 14.0. The van der Waals surface area contributed by atoms with Crippen molar-refractivity contribution in [3.8, 4) is 5.75 Å². The van der Waals surface area contributed by atoms with Gasteiger partial charge in [0.15, 0.2) is 0 Å². The second-order valence-electron chi connectivity index (χ2n) is 5.37. The largest absolute Gasteiger partial charge is 0.490 e. The monoisotopic (exact) mass is 363 g/mol. The lowest BCUT2D eigenvalue weighted by atomic mass is 10.2. The number of amides is 1. The standard InChI is InChI=1S/C19H19F2NO4/c20-14-8-9-16(17(21)13-14)19(24)22-10-4-7-18(23)26-12-11-25-15-5-2-1-3-6-15/h1-3,5-6,8-9,13H,4,7,10-12H2,(H,22,24). The van der Waals surface area contributed by atoms with Crippen LogP contribution in [0.5, 0.6) is 5.75 Å². The summed E-state index contributed by atoms with van der Waals surface area (Å²) in [6, 6.07) is 11.9. The van der Waals surface area contributed by atoms with E-state index in [0.29, 0.717) is 18.2 Å². The van der Waals surface area contributed by atoms with E-state index in [1.165, 1.54) is 0 Å². The molecule has 26 heavy (non-hydrogen) atoms. The van der Waals surface area contributed by atoms with Crippen molar-refractivity contribution in [1.29, 1.82) is 0 Å². The van der Waals surface area contributed by atoms with Crippen LogP contribution in [0.3, 0.4) is 0 Å². The molecule has 0 aliphatic rings. The molecule has 0 saturated heterocycles. The number of rotatable bonds is 9. The van der Waals surface area contributed by atoms with Crippen molar-refractivity contribution >= 4 is 11.9 Å². The SMILES string of the molecule is O=C(CCCNC(=O)c1ccc(F)cc1F)OCCOc1ccccc1. The zero-order valence-electron chi connectivity index (χ0n) is 14.0. The van der Waals surface area contributed by atoms with Crippen LogP contribution in [0.1, 0.15) is 23.2 Å². The first-order valence-electron chi connectivity index (χ1n) is 8.13. The van der Waals surface area contributed by atoms with E-state index in [0.717, 1.165) is 12.1 Å². The van der Waals surface area contributed by atoms with Crippen LogP contribution in [-0.2, 0) is 9.53 Å². The van der Waals surface area contributed by atoms with Gasteiger partial charge in [-0.1, -0.05) is 18.2 Å². The van der Waals surface area contributed by atoms with Crippen LogP contribution >= 0.6 is 0 Å². The Labute approximate surface area is 149 Å². The Bertz CT molecular complexity index is 738. The highest BCUT2D eigenvalue weighted by Gasteiger charge is 2.12. The van der Waals surface area contributed by atoms with Crippen LogP contribution in [-0.4, -0.2) is 31.6 Å². The van der Waals surface area contributed by atoms with Gasteiger partial charge in [-0.2, -0.15) is 0 Å². The van der Waals surface area contributed by atoms with Crippen LogP contribution in [0.4, 0.5) is 8.78 Å². The third kappa shape index (κ3) is 6.51. The third-order valence-corrected chi connectivity index (χ3v) is 3.38. The van der Waals surface area contributed by atoms with Crippen LogP contribution in [0.15, 0.2) is 48.5 Å². The van der Waals surface area contributed by atoms with Crippen LogP contribution in [0, 0.1) is 11.6 Å². The molecular weight excluding hydrogens is 344 g/mol. The number of halogens is 2. The first-order chi connectivity index (χ1) is 12.6. The van der Waals surface area contributed by atoms with Crippen molar-refractivity contribution in [2.45, 2.75) is 12.8 Å². The predicted molar refractivity (Wildman–Crippen MR) is 90.8 cm³/mol. The maximum atomic E-state index is 13.4. The van der Waals surface area contributed by atoms with Gasteiger partial charge in [0.25, 0.3) is 5.91 Å². The minimum atomic E-state index is -0.930. The van der Waals surface area contributed by atoms with Crippen molar-refractivity contribution in [3.63, 3.8) is 0 Å². The third-order valence-electron chi connectivity index (χ3n) is 3.38. The van der Waals surface area contributed by atoms with E-state index in [1.807, 2.05) is 18.2 Å². The van der Waals surface area contributed by atoms with Gasteiger partial charge in [-0.25, -0.2) is 8.78 Å². The van der Waals surface area contributed by atoms with Crippen molar-refractivity contribution < 1.29 is 27.8 Å². The molecule has 0 saturated carbocycles. The summed E-state index contributed by atoms with van der Waals surface area (Å²) < 4.78 is 36.6. The lowest BCUT2D eigenvalue weighted by Crippen LogP contribution is -2.26. The van der Waals surface area contributed by atoms with E-state index in [9.17, 15) is 18.4 Å². The summed E-state index contributed by atoms with van der Waals surface area (Å²) in [6.07, 6.45) is 0.449. The average molecular weight is 363 g/mol. The van der Waals surface area contributed by atoms with Crippen molar-refractivity contribution in [2.75, 3.05) is 19.8 Å². The molecule has 0 spiro atoms. The summed E-state index contributed by atoms with van der Waals surface area (Å²) in [5.74, 6) is -2.06. The quantitative estimate of drug-likeness (QED) is 0.549. The lowest BCUT2D eigenvalue weighted by molar-refractivity contribution is -0.144. The van der Waals surface area contributed by atoms with Gasteiger partial charge in [-0.05, 0) is 30.7 Å². The van der Waals surface area contributed by atoms with Gasteiger partial charge in [0.2, 0.25) is 0 Å². The van der Waals surface area contributed by atoms with Gasteiger partial charge in [-0.15, -0.1) is 0 Å². The molecule has 2 rings (SSSR count). The molecule has 0 bridgehead atoms. The molecule has 0 unspecified atom stereocenters. The fourth-order valence-electron chi connectivity index (χ4n) is 2.11. The molecule has 2 aromatic carbocycles. The number of hydrogen-bond acceptors (Lipinski definition) is 4. The smallest absolute Gasteiger partial charge is 0.305 e. The topological polar surface area (TPSA) is 64.6 Å². The molecule has 0 aliphatic carbocycles. The molecular formula is C19H19F2NO4. The molecule has 1 amide bonds. The Kier molecular flexibility index (Phi) is 7.54.